The van der Waals surface area contributed by atoms with E-state index in [2.05, 4.69) is 11.2 Å². The minimum Gasteiger partial charge on any atom is -0.392 e. The maximum atomic E-state index is 9.26. The van der Waals surface area contributed by atoms with Crippen LogP contribution in [0, 0.1) is 25.2 Å². The summed E-state index contributed by atoms with van der Waals surface area (Å²) in [7, 11) is 0. The zero-order valence-corrected chi connectivity index (χ0v) is 10.5. The van der Waals surface area contributed by atoms with Gasteiger partial charge in [0.2, 0.25) is 0 Å². The van der Waals surface area contributed by atoms with Gasteiger partial charge in [0.15, 0.2) is 0 Å². The molecule has 0 aliphatic rings. The zero-order chi connectivity index (χ0) is 13.1. The predicted octanol–water partition coefficient (Wildman–Crippen LogP) is 1.91. The van der Waals surface area contributed by atoms with Crippen molar-refractivity contribution in [1.82, 2.24) is 9.78 Å². The molecule has 1 aromatic carbocycles. The van der Waals surface area contributed by atoms with E-state index in [9.17, 15) is 5.11 Å². The number of nitrogens with zero attached hydrogens (tertiary/aromatic N) is 3. The summed E-state index contributed by atoms with van der Waals surface area (Å²) in [6, 6.07) is 9.54. The topological polar surface area (TPSA) is 61.8 Å². The van der Waals surface area contributed by atoms with Crippen molar-refractivity contribution in [2.45, 2.75) is 27.0 Å². The fourth-order valence-corrected chi connectivity index (χ4v) is 1.97. The average Bonchev–Trinajstić information content (AvgIpc) is 2.65. The Hall–Kier alpha value is -2.12. The Bertz CT molecular complexity index is 591. The van der Waals surface area contributed by atoms with Crippen LogP contribution in [0.1, 0.15) is 28.1 Å². The Balaban J connectivity index is 2.26. The van der Waals surface area contributed by atoms with Crippen LogP contribution in [0.15, 0.2) is 24.3 Å². The smallest absolute Gasteiger partial charge is 0.0991 e. The lowest BCUT2D eigenvalue weighted by atomic mass is 10.1. The SMILES string of the molecule is Cc1nn(Cc2ccc(C#N)cc2)c(C)c1CO. The molecule has 0 atom stereocenters. The molecule has 0 amide bonds. The molecule has 92 valence electrons. The van der Waals surface area contributed by atoms with Crippen LogP contribution < -0.4 is 0 Å². The summed E-state index contributed by atoms with van der Waals surface area (Å²) in [5.74, 6) is 0. The fraction of sp³-hybridized carbons (Fsp3) is 0.286. The van der Waals surface area contributed by atoms with Gasteiger partial charge in [-0.1, -0.05) is 12.1 Å². The molecule has 0 unspecified atom stereocenters. The van der Waals surface area contributed by atoms with Gasteiger partial charge in [0.05, 0.1) is 30.5 Å². The van der Waals surface area contributed by atoms with Gasteiger partial charge in [0, 0.05) is 11.3 Å². The van der Waals surface area contributed by atoms with Crippen LogP contribution in [-0.2, 0) is 13.2 Å². The lowest BCUT2D eigenvalue weighted by molar-refractivity contribution is 0.280. The van der Waals surface area contributed by atoms with Crippen molar-refractivity contribution in [1.29, 1.82) is 5.26 Å². The van der Waals surface area contributed by atoms with E-state index in [0.717, 1.165) is 22.5 Å². The standard InChI is InChI=1S/C14H15N3O/c1-10-14(9-18)11(2)17(16-10)8-13-5-3-12(7-15)4-6-13/h3-6,18H,8-9H2,1-2H3. The number of aliphatic hydroxyl groups excluding tert-OH is 1. The van der Waals surface area contributed by atoms with Crippen LogP contribution in [0.4, 0.5) is 0 Å². The summed E-state index contributed by atoms with van der Waals surface area (Å²) in [4.78, 5) is 0. The normalized spacial score (nSPS) is 10.3. The maximum absolute atomic E-state index is 9.26. The summed E-state index contributed by atoms with van der Waals surface area (Å²) < 4.78 is 1.88. The summed E-state index contributed by atoms with van der Waals surface area (Å²) in [5, 5.41) is 22.4. The largest absolute Gasteiger partial charge is 0.392 e. The molecule has 1 aromatic heterocycles. The first-order chi connectivity index (χ1) is 8.65. The highest BCUT2D eigenvalue weighted by Crippen LogP contribution is 2.14. The Labute approximate surface area is 106 Å². The third kappa shape index (κ3) is 2.27. The third-order valence-corrected chi connectivity index (χ3v) is 3.10. The molecular weight excluding hydrogens is 226 g/mol. The molecule has 2 rings (SSSR count). The second-order valence-corrected chi connectivity index (χ2v) is 4.27. The molecule has 0 fully saturated rings. The van der Waals surface area contributed by atoms with E-state index in [0.29, 0.717) is 12.1 Å². The Morgan fingerprint density at radius 1 is 1.28 bits per heavy atom. The monoisotopic (exact) mass is 241 g/mol. The molecule has 1 N–H and O–H groups in total. The Kier molecular flexibility index (Phi) is 3.45. The van der Waals surface area contributed by atoms with Crippen LogP contribution in [0.3, 0.4) is 0 Å². The van der Waals surface area contributed by atoms with Crippen molar-refractivity contribution in [2.75, 3.05) is 0 Å². The number of aliphatic hydroxyl groups is 1. The van der Waals surface area contributed by atoms with Crippen LogP contribution in [0.2, 0.25) is 0 Å². The lowest BCUT2D eigenvalue weighted by Crippen LogP contribution is -2.04. The van der Waals surface area contributed by atoms with Gasteiger partial charge in [-0.05, 0) is 31.5 Å². The first kappa shape index (κ1) is 12.3. The molecular formula is C14H15N3O. The minimum absolute atomic E-state index is 0.0189. The summed E-state index contributed by atoms with van der Waals surface area (Å²) in [6.45, 7) is 4.52. The highest BCUT2D eigenvalue weighted by Gasteiger charge is 2.10. The van der Waals surface area contributed by atoms with Crippen LogP contribution in [0.25, 0.3) is 0 Å². The molecule has 4 nitrogen and oxygen atoms in total. The van der Waals surface area contributed by atoms with Crippen molar-refractivity contribution in [3.8, 4) is 6.07 Å². The number of hydrogen-bond acceptors (Lipinski definition) is 3. The first-order valence-electron chi connectivity index (χ1n) is 5.78. The average molecular weight is 241 g/mol. The summed E-state index contributed by atoms with van der Waals surface area (Å²) in [6.07, 6.45) is 0. The van der Waals surface area contributed by atoms with Crippen molar-refractivity contribution in [3.05, 3.63) is 52.3 Å². The second kappa shape index (κ2) is 5.03. The first-order valence-corrected chi connectivity index (χ1v) is 5.78. The summed E-state index contributed by atoms with van der Waals surface area (Å²) >= 11 is 0. The number of hydrogen-bond donors (Lipinski definition) is 1. The van der Waals surface area contributed by atoms with Gasteiger partial charge in [0.1, 0.15) is 0 Å². The lowest BCUT2D eigenvalue weighted by Gasteiger charge is -2.05. The number of aryl methyl sites for hydroxylation is 1. The molecule has 18 heavy (non-hydrogen) atoms. The predicted molar refractivity (Wildman–Crippen MR) is 67.9 cm³/mol. The van der Waals surface area contributed by atoms with Gasteiger partial charge in [-0.25, -0.2) is 0 Å². The van der Waals surface area contributed by atoms with Crippen molar-refractivity contribution in [3.63, 3.8) is 0 Å². The molecule has 0 bridgehead atoms. The molecule has 0 saturated heterocycles. The third-order valence-electron chi connectivity index (χ3n) is 3.10. The van der Waals surface area contributed by atoms with Crippen molar-refractivity contribution >= 4 is 0 Å². The molecule has 0 aliphatic heterocycles. The van der Waals surface area contributed by atoms with Crippen molar-refractivity contribution in [2.24, 2.45) is 0 Å². The van der Waals surface area contributed by atoms with Crippen molar-refractivity contribution < 1.29 is 5.11 Å². The molecule has 4 heteroatoms. The van der Waals surface area contributed by atoms with E-state index < -0.39 is 0 Å². The van der Waals surface area contributed by atoms with E-state index in [1.165, 1.54) is 0 Å². The van der Waals surface area contributed by atoms with E-state index in [1.54, 1.807) is 12.1 Å². The summed E-state index contributed by atoms with van der Waals surface area (Å²) in [5.41, 5.74) is 4.49. The number of benzene rings is 1. The maximum Gasteiger partial charge on any atom is 0.0991 e. The van der Waals surface area contributed by atoms with E-state index in [-0.39, 0.29) is 6.61 Å². The number of aromatic nitrogens is 2. The minimum atomic E-state index is 0.0189. The number of nitriles is 1. The van der Waals surface area contributed by atoms with Crippen LogP contribution >= 0.6 is 0 Å². The second-order valence-electron chi connectivity index (χ2n) is 4.27. The molecule has 0 aliphatic carbocycles. The molecule has 1 heterocycles. The van der Waals surface area contributed by atoms with Crippen LogP contribution in [0.5, 0.6) is 0 Å². The Morgan fingerprint density at radius 2 is 1.94 bits per heavy atom. The van der Waals surface area contributed by atoms with Gasteiger partial charge in [-0.3, -0.25) is 4.68 Å². The highest BCUT2D eigenvalue weighted by molar-refractivity contribution is 5.32. The van der Waals surface area contributed by atoms with E-state index >= 15 is 0 Å². The van der Waals surface area contributed by atoms with Gasteiger partial charge in [-0.2, -0.15) is 10.4 Å². The highest BCUT2D eigenvalue weighted by atomic mass is 16.3. The van der Waals surface area contributed by atoms with Crippen LogP contribution in [-0.4, -0.2) is 14.9 Å². The van der Waals surface area contributed by atoms with Gasteiger partial charge in [-0.15, -0.1) is 0 Å². The van der Waals surface area contributed by atoms with E-state index in [1.807, 2.05) is 30.7 Å². The molecule has 0 radical (unpaired) electrons. The Morgan fingerprint density at radius 3 is 2.44 bits per heavy atom. The zero-order valence-electron chi connectivity index (χ0n) is 10.5. The van der Waals surface area contributed by atoms with E-state index in [4.69, 9.17) is 5.26 Å². The van der Waals surface area contributed by atoms with Gasteiger partial charge >= 0.3 is 0 Å². The molecule has 2 aromatic rings. The fourth-order valence-electron chi connectivity index (χ4n) is 1.97. The van der Waals surface area contributed by atoms with Gasteiger partial charge < -0.3 is 5.11 Å². The van der Waals surface area contributed by atoms with Gasteiger partial charge in [0.25, 0.3) is 0 Å². The quantitative estimate of drug-likeness (QED) is 0.892. The number of rotatable bonds is 3. The molecule has 0 saturated carbocycles. The molecule has 0 spiro atoms.